The highest BCUT2D eigenvalue weighted by atomic mass is 16.3. The zero-order valence-corrected chi connectivity index (χ0v) is 32.0. The zero-order chi connectivity index (χ0) is 38.6. The lowest BCUT2D eigenvalue weighted by Gasteiger charge is -2.29. The molecule has 3 heteroatoms. The third-order valence-electron chi connectivity index (χ3n) is 11.5. The number of aryl methyl sites for hydroxylation is 1. The Hall–Kier alpha value is -7.62. The molecule has 58 heavy (non-hydrogen) atoms. The summed E-state index contributed by atoms with van der Waals surface area (Å²) in [7, 11) is 0. The molecule has 0 aliphatic heterocycles. The molecule has 0 aliphatic carbocycles. The van der Waals surface area contributed by atoms with E-state index in [1.54, 1.807) is 0 Å². The van der Waals surface area contributed by atoms with E-state index in [4.69, 9.17) is 4.42 Å². The summed E-state index contributed by atoms with van der Waals surface area (Å²) in [6, 6.07) is 76.2. The van der Waals surface area contributed by atoms with Gasteiger partial charge in [0.2, 0.25) is 0 Å². The van der Waals surface area contributed by atoms with Gasteiger partial charge in [0.25, 0.3) is 0 Å². The molecular formula is C55H38N2O. The van der Waals surface area contributed by atoms with Gasteiger partial charge in [0.05, 0.1) is 11.0 Å². The first kappa shape index (κ1) is 33.7. The molecule has 274 valence electrons. The summed E-state index contributed by atoms with van der Waals surface area (Å²) < 4.78 is 9.18. The zero-order valence-electron chi connectivity index (χ0n) is 32.0. The highest BCUT2D eigenvalue weighted by Crippen LogP contribution is 2.46. The van der Waals surface area contributed by atoms with Crippen molar-refractivity contribution in [2.24, 2.45) is 0 Å². The number of benzene rings is 9. The van der Waals surface area contributed by atoms with Gasteiger partial charge in [-0.2, -0.15) is 0 Å². The summed E-state index contributed by atoms with van der Waals surface area (Å²) in [4.78, 5) is 2.41. The number of anilines is 3. The first-order valence-electron chi connectivity index (χ1n) is 19.8. The Morgan fingerprint density at radius 3 is 1.71 bits per heavy atom. The van der Waals surface area contributed by atoms with E-state index in [-0.39, 0.29) is 0 Å². The molecule has 0 saturated heterocycles. The van der Waals surface area contributed by atoms with E-state index < -0.39 is 0 Å². The Kier molecular flexibility index (Phi) is 8.04. The number of hydrogen-bond donors (Lipinski definition) is 0. The van der Waals surface area contributed by atoms with Crippen LogP contribution in [0.15, 0.2) is 217 Å². The fraction of sp³-hybridized carbons (Fsp3) is 0.0182. The molecule has 0 saturated carbocycles. The summed E-state index contributed by atoms with van der Waals surface area (Å²) in [5, 5.41) is 4.65. The van der Waals surface area contributed by atoms with Crippen molar-refractivity contribution in [2.75, 3.05) is 4.90 Å². The third kappa shape index (κ3) is 5.59. The lowest BCUT2D eigenvalue weighted by Crippen LogP contribution is -2.12. The molecule has 0 N–H and O–H groups in total. The third-order valence-corrected chi connectivity index (χ3v) is 11.5. The van der Waals surface area contributed by atoms with Crippen LogP contribution in [0.2, 0.25) is 0 Å². The molecule has 0 spiro atoms. The molecule has 2 heterocycles. The molecule has 0 unspecified atom stereocenters. The number of rotatable bonds is 7. The maximum Gasteiger partial charge on any atom is 0.143 e. The highest BCUT2D eigenvalue weighted by Gasteiger charge is 2.22. The number of aromatic nitrogens is 1. The van der Waals surface area contributed by atoms with Crippen LogP contribution < -0.4 is 4.90 Å². The van der Waals surface area contributed by atoms with Crippen LogP contribution in [0.4, 0.5) is 17.1 Å². The van der Waals surface area contributed by atoms with E-state index in [1.807, 2.05) is 6.07 Å². The second kappa shape index (κ2) is 13.8. The summed E-state index contributed by atoms with van der Waals surface area (Å²) in [5.41, 5.74) is 16.5. The Morgan fingerprint density at radius 2 is 0.983 bits per heavy atom. The van der Waals surface area contributed by atoms with Gasteiger partial charge in [-0.3, -0.25) is 0 Å². The summed E-state index contributed by atoms with van der Waals surface area (Å²) in [6.45, 7) is 2.20. The van der Waals surface area contributed by atoms with Gasteiger partial charge in [0.15, 0.2) is 0 Å². The van der Waals surface area contributed by atoms with Crippen LogP contribution >= 0.6 is 0 Å². The monoisotopic (exact) mass is 742 g/mol. The van der Waals surface area contributed by atoms with Crippen LogP contribution in [-0.4, -0.2) is 4.57 Å². The minimum atomic E-state index is 0.871. The topological polar surface area (TPSA) is 21.3 Å². The Labute approximate surface area is 337 Å². The van der Waals surface area contributed by atoms with E-state index >= 15 is 0 Å². The largest absolute Gasteiger partial charge is 0.455 e. The van der Waals surface area contributed by atoms with Crippen LogP contribution in [0, 0.1) is 6.92 Å². The smallest absolute Gasteiger partial charge is 0.143 e. The van der Waals surface area contributed by atoms with Crippen molar-refractivity contribution in [3.63, 3.8) is 0 Å². The quantitative estimate of drug-likeness (QED) is 0.162. The minimum Gasteiger partial charge on any atom is -0.455 e. The molecule has 11 aromatic rings. The predicted octanol–water partition coefficient (Wildman–Crippen LogP) is 15.5. The van der Waals surface area contributed by atoms with E-state index in [9.17, 15) is 0 Å². The van der Waals surface area contributed by atoms with Crippen LogP contribution in [0.5, 0.6) is 0 Å². The molecule has 0 bridgehead atoms. The van der Waals surface area contributed by atoms with Gasteiger partial charge in [-0.05, 0) is 101 Å². The van der Waals surface area contributed by atoms with E-state index in [0.29, 0.717) is 0 Å². The molecule has 9 aromatic carbocycles. The van der Waals surface area contributed by atoms with Crippen LogP contribution in [0.25, 0.3) is 82.8 Å². The van der Waals surface area contributed by atoms with Crippen molar-refractivity contribution in [1.82, 2.24) is 4.57 Å². The van der Waals surface area contributed by atoms with Gasteiger partial charge in [-0.1, -0.05) is 152 Å². The molecule has 0 fully saturated rings. The fourth-order valence-electron chi connectivity index (χ4n) is 8.81. The van der Waals surface area contributed by atoms with Crippen molar-refractivity contribution < 1.29 is 4.42 Å². The number of furan rings is 1. The van der Waals surface area contributed by atoms with Gasteiger partial charge in [0, 0.05) is 49.9 Å². The van der Waals surface area contributed by atoms with E-state index in [2.05, 4.69) is 223 Å². The molecule has 0 amide bonds. The second-order valence-electron chi connectivity index (χ2n) is 15.0. The molecule has 11 rings (SSSR count). The first-order valence-corrected chi connectivity index (χ1v) is 19.8. The average molecular weight is 743 g/mol. The number of para-hydroxylation sites is 4. The van der Waals surface area contributed by atoms with Crippen LogP contribution in [-0.2, 0) is 0 Å². The number of fused-ring (bicyclic) bond motifs is 6. The lowest BCUT2D eigenvalue weighted by atomic mass is 9.93. The van der Waals surface area contributed by atoms with Crippen molar-refractivity contribution in [1.29, 1.82) is 0 Å². The molecule has 0 aliphatic rings. The second-order valence-corrected chi connectivity index (χ2v) is 15.0. The fourth-order valence-corrected chi connectivity index (χ4v) is 8.81. The average Bonchev–Trinajstić information content (AvgIpc) is 3.83. The van der Waals surface area contributed by atoms with E-state index in [1.165, 1.54) is 49.6 Å². The number of hydrogen-bond acceptors (Lipinski definition) is 2. The standard InChI is InChI=1S/C55H38N2O/c1-37-17-8-12-27-51(37)56(42-31-32-44(38-18-4-2-5-19-38)48(34-42)39-20-6-3-7-21-39)43-35-49(55-50(36-43)47-26-11-15-30-54(47)58-55)40-22-16-23-41(33-40)57-52-28-13-9-24-45(52)46-25-10-14-29-53(46)57/h2-36H,1H3. The Bertz CT molecular complexity index is 3250. The maximum atomic E-state index is 6.80. The van der Waals surface area contributed by atoms with Gasteiger partial charge in [-0.15, -0.1) is 0 Å². The van der Waals surface area contributed by atoms with Gasteiger partial charge in [-0.25, -0.2) is 0 Å². The maximum absolute atomic E-state index is 6.80. The Balaban J connectivity index is 1.17. The summed E-state index contributed by atoms with van der Waals surface area (Å²) >= 11 is 0. The SMILES string of the molecule is Cc1ccccc1N(c1ccc(-c2ccccc2)c(-c2ccccc2)c1)c1cc(-c2cccc(-n3c4ccccc4c4ccccc43)c2)c2oc3ccccc3c2c1. The van der Waals surface area contributed by atoms with Crippen molar-refractivity contribution in [3.05, 3.63) is 218 Å². The van der Waals surface area contributed by atoms with Crippen LogP contribution in [0.3, 0.4) is 0 Å². The molecule has 0 atom stereocenters. The highest BCUT2D eigenvalue weighted by molar-refractivity contribution is 6.12. The van der Waals surface area contributed by atoms with Gasteiger partial charge in [0.1, 0.15) is 11.2 Å². The van der Waals surface area contributed by atoms with Gasteiger partial charge < -0.3 is 13.9 Å². The molecule has 2 aromatic heterocycles. The first-order chi connectivity index (χ1) is 28.7. The Morgan fingerprint density at radius 1 is 0.397 bits per heavy atom. The van der Waals surface area contributed by atoms with Crippen LogP contribution in [0.1, 0.15) is 5.56 Å². The lowest BCUT2D eigenvalue weighted by molar-refractivity contribution is 0.670. The molecule has 3 nitrogen and oxygen atoms in total. The molecular weight excluding hydrogens is 705 g/mol. The predicted molar refractivity (Wildman–Crippen MR) is 244 cm³/mol. The van der Waals surface area contributed by atoms with Crippen molar-refractivity contribution >= 4 is 60.8 Å². The molecule has 0 radical (unpaired) electrons. The summed E-state index contributed by atoms with van der Waals surface area (Å²) in [6.07, 6.45) is 0. The van der Waals surface area contributed by atoms with E-state index in [0.717, 1.165) is 55.8 Å². The normalized spacial score (nSPS) is 11.5. The van der Waals surface area contributed by atoms with Crippen molar-refractivity contribution in [2.45, 2.75) is 6.92 Å². The number of nitrogens with zero attached hydrogens (tertiary/aromatic N) is 2. The van der Waals surface area contributed by atoms with Gasteiger partial charge >= 0.3 is 0 Å². The summed E-state index contributed by atoms with van der Waals surface area (Å²) in [5.74, 6) is 0. The minimum absolute atomic E-state index is 0.871. The van der Waals surface area contributed by atoms with Crippen molar-refractivity contribution in [3.8, 4) is 39.1 Å².